The molecule has 1 amide bonds. The van der Waals surface area contributed by atoms with E-state index in [1.54, 1.807) is 35.5 Å². The van der Waals surface area contributed by atoms with Gasteiger partial charge in [0, 0.05) is 5.56 Å². The monoisotopic (exact) mass is 539 g/mol. The standard InChI is InChI=1S/C26H33N7O4S/c1-15-8-9-17(10-23(15)33-14-22(30-32-33)21-13-27-16(2)28-21)25(34)29-19-11-18(26(3,4)5)12-20(24(19)37-6)31-38(7,35)36/h8-14,30-32H,1-7H3,(H,27,28)(H,29,34). The van der Waals surface area contributed by atoms with E-state index in [1.807, 2.05) is 46.9 Å². The molecule has 0 aliphatic carbocycles. The Hall–Kier alpha value is -4.03. The number of aromatic nitrogens is 2. The number of ether oxygens (including phenoxy) is 1. The van der Waals surface area contributed by atoms with Gasteiger partial charge in [-0.15, -0.1) is 5.53 Å². The van der Waals surface area contributed by atoms with Crippen LogP contribution in [0.5, 0.6) is 5.75 Å². The summed E-state index contributed by atoms with van der Waals surface area (Å²) in [6.45, 7) is 9.83. The number of rotatable bonds is 7. The molecule has 202 valence electrons. The van der Waals surface area contributed by atoms with Crippen LogP contribution in [-0.2, 0) is 15.4 Å². The summed E-state index contributed by atoms with van der Waals surface area (Å²) in [5.74, 6) is 0.648. The minimum absolute atomic E-state index is 0.219. The Balaban J connectivity index is 1.67. The van der Waals surface area contributed by atoms with E-state index in [4.69, 9.17) is 4.74 Å². The van der Waals surface area contributed by atoms with Crippen LogP contribution in [0.15, 0.2) is 42.7 Å². The highest BCUT2D eigenvalue weighted by Gasteiger charge is 2.23. The third-order valence-corrected chi connectivity index (χ3v) is 6.59. The minimum Gasteiger partial charge on any atom is -0.492 e. The number of carbonyl (C=O) groups is 1. The van der Waals surface area contributed by atoms with E-state index in [1.165, 1.54) is 7.11 Å². The van der Waals surface area contributed by atoms with Gasteiger partial charge in [0.05, 0.1) is 54.2 Å². The van der Waals surface area contributed by atoms with Crippen molar-refractivity contribution in [1.29, 1.82) is 0 Å². The number of H-pyrrole nitrogens is 1. The summed E-state index contributed by atoms with van der Waals surface area (Å²) in [4.78, 5) is 20.8. The van der Waals surface area contributed by atoms with Crippen molar-refractivity contribution in [3.05, 3.63) is 70.9 Å². The maximum absolute atomic E-state index is 13.4. The fourth-order valence-electron chi connectivity index (χ4n) is 3.99. The maximum atomic E-state index is 13.4. The van der Waals surface area contributed by atoms with E-state index < -0.39 is 10.0 Å². The molecule has 4 rings (SSSR count). The molecule has 12 heteroatoms. The molecular weight excluding hydrogens is 506 g/mol. The summed E-state index contributed by atoms with van der Waals surface area (Å²) >= 11 is 0. The number of nitrogens with zero attached hydrogens (tertiary/aromatic N) is 2. The van der Waals surface area contributed by atoms with E-state index in [2.05, 4.69) is 31.0 Å². The predicted octanol–water partition coefficient (Wildman–Crippen LogP) is 3.78. The average molecular weight is 540 g/mol. The lowest BCUT2D eigenvalue weighted by atomic mass is 9.86. The fraction of sp³-hybridized carbons (Fsp3) is 0.308. The summed E-state index contributed by atoms with van der Waals surface area (Å²) in [6.07, 6.45) is 4.68. The molecule has 2 aromatic carbocycles. The Labute approximate surface area is 222 Å². The van der Waals surface area contributed by atoms with Crippen LogP contribution >= 0.6 is 0 Å². The van der Waals surface area contributed by atoms with Crippen LogP contribution in [0, 0.1) is 13.8 Å². The maximum Gasteiger partial charge on any atom is 0.255 e. The molecule has 0 atom stereocenters. The zero-order valence-corrected chi connectivity index (χ0v) is 23.3. The number of benzene rings is 2. The van der Waals surface area contributed by atoms with E-state index >= 15 is 0 Å². The third kappa shape index (κ3) is 5.92. The van der Waals surface area contributed by atoms with Gasteiger partial charge in [0.25, 0.3) is 5.91 Å². The SMILES string of the molecule is COc1c(NC(=O)c2ccc(C)c(N3C=C(c4cnc(C)[nH]4)NN3)c2)cc(C(C)(C)C)cc1NS(C)(=O)=O. The second kappa shape index (κ2) is 10.0. The van der Waals surface area contributed by atoms with Gasteiger partial charge in [-0.05, 0) is 54.7 Å². The molecule has 0 saturated heterocycles. The predicted molar refractivity (Wildman–Crippen MR) is 149 cm³/mol. The van der Waals surface area contributed by atoms with Crippen molar-refractivity contribution in [2.75, 3.05) is 28.4 Å². The quantitative estimate of drug-likeness (QED) is 0.306. The van der Waals surface area contributed by atoms with Gasteiger partial charge in [-0.3, -0.25) is 20.0 Å². The van der Waals surface area contributed by atoms with Gasteiger partial charge in [0.15, 0.2) is 5.75 Å². The summed E-state index contributed by atoms with van der Waals surface area (Å²) in [5.41, 5.74) is 11.1. The van der Waals surface area contributed by atoms with Gasteiger partial charge in [0.1, 0.15) is 5.82 Å². The second-order valence-corrected chi connectivity index (χ2v) is 12.0. The normalized spacial score (nSPS) is 13.7. The molecule has 0 spiro atoms. The number of sulfonamides is 1. The van der Waals surface area contributed by atoms with Crippen molar-refractivity contribution in [3.8, 4) is 5.75 Å². The topological polar surface area (TPSA) is 140 Å². The molecule has 1 aliphatic rings. The first-order chi connectivity index (χ1) is 17.7. The molecular formula is C26H33N7O4S. The number of aromatic amines is 1. The van der Waals surface area contributed by atoms with E-state index in [-0.39, 0.29) is 22.8 Å². The Morgan fingerprint density at radius 2 is 1.82 bits per heavy atom. The van der Waals surface area contributed by atoms with Gasteiger partial charge >= 0.3 is 0 Å². The first-order valence-corrected chi connectivity index (χ1v) is 13.8. The number of hydrazine groups is 2. The molecule has 5 N–H and O–H groups in total. The lowest BCUT2D eigenvalue weighted by Crippen LogP contribution is -2.36. The van der Waals surface area contributed by atoms with Crippen LogP contribution in [0.25, 0.3) is 5.70 Å². The van der Waals surface area contributed by atoms with Crippen LogP contribution < -0.4 is 30.7 Å². The van der Waals surface area contributed by atoms with Crippen LogP contribution in [-0.4, -0.2) is 37.7 Å². The van der Waals surface area contributed by atoms with Gasteiger partial charge in [-0.2, -0.15) is 0 Å². The fourth-order valence-corrected chi connectivity index (χ4v) is 4.54. The largest absolute Gasteiger partial charge is 0.492 e. The van der Waals surface area contributed by atoms with Crippen molar-refractivity contribution < 1.29 is 17.9 Å². The highest BCUT2D eigenvalue weighted by molar-refractivity contribution is 7.92. The number of nitrogens with one attached hydrogen (secondary N) is 5. The van der Waals surface area contributed by atoms with Gasteiger partial charge < -0.3 is 15.0 Å². The van der Waals surface area contributed by atoms with Crippen molar-refractivity contribution in [2.45, 2.75) is 40.0 Å². The van der Waals surface area contributed by atoms with Gasteiger partial charge in [-0.1, -0.05) is 26.8 Å². The number of methoxy groups -OCH3 is 1. The molecule has 38 heavy (non-hydrogen) atoms. The summed E-state index contributed by atoms with van der Waals surface area (Å²) in [6, 6.07) is 8.88. The van der Waals surface area contributed by atoms with E-state index in [9.17, 15) is 13.2 Å². The molecule has 0 bridgehead atoms. The highest BCUT2D eigenvalue weighted by atomic mass is 32.2. The zero-order chi connectivity index (χ0) is 27.8. The van der Waals surface area contributed by atoms with Gasteiger partial charge in [-0.25, -0.2) is 13.4 Å². The van der Waals surface area contributed by atoms with Crippen LogP contribution in [0.1, 0.15) is 53.8 Å². The Morgan fingerprint density at radius 1 is 1.11 bits per heavy atom. The molecule has 1 aromatic heterocycles. The van der Waals surface area contributed by atoms with E-state index in [0.717, 1.165) is 40.3 Å². The second-order valence-electron chi connectivity index (χ2n) is 10.2. The summed E-state index contributed by atoms with van der Waals surface area (Å²) in [7, 11) is -2.16. The third-order valence-electron chi connectivity index (χ3n) is 6.00. The first-order valence-electron chi connectivity index (χ1n) is 11.9. The molecule has 0 radical (unpaired) electrons. The molecule has 0 saturated carbocycles. The Kier molecular flexibility index (Phi) is 7.13. The van der Waals surface area contributed by atoms with Crippen molar-refractivity contribution in [2.24, 2.45) is 0 Å². The number of hydrogen-bond acceptors (Lipinski definition) is 8. The molecule has 11 nitrogen and oxygen atoms in total. The zero-order valence-electron chi connectivity index (χ0n) is 22.5. The van der Waals surface area contributed by atoms with Crippen LogP contribution in [0.2, 0.25) is 0 Å². The molecule has 3 aromatic rings. The van der Waals surface area contributed by atoms with Crippen LogP contribution in [0.4, 0.5) is 17.1 Å². The average Bonchev–Trinajstić information content (AvgIpc) is 3.46. The number of anilines is 3. The number of aryl methyl sites for hydroxylation is 2. The Bertz CT molecular complexity index is 1520. The highest BCUT2D eigenvalue weighted by Crippen LogP contribution is 2.39. The van der Waals surface area contributed by atoms with E-state index in [0.29, 0.717) is 11.3 Å². The van der Waals surface area contributed by atoms with Crippen molar-refractivity contribution in [1.82, 2.24) is 20.9 Å². The molecule has 0 fully saturated rings. The molecule has 2 heterocycles. The number of imidazole rings is 1. The summed E-state index contributed by atoms with van der Waals surface area (Å²) in [5, 5.41) is 4.69. The number of carbonyl (C=O) groups excluding carboxylic acids is 1. The lowest BCUT2D eigenvalue weighted by molar-refractivity contribution is 0.102. The molecule has 0 unspecified atom stereocenters. The van der Waals surface area contributed by atoms with Crippen molar-refractivity contribution >= 4 is 38.7 Å². The number of amides is 1. The summed E-state index contributed by atoms with van der Waals surface area (Å²) < 4.78 is 32.1. The van der Waals surface area contributed by atoms with Crippen LogP contribution in [0.3, 0.4) is 0 Å². The molecule has 1 aliphatic heterocycles. The smallest absolute Gasteiger partial charge is 0.255 e. The first kappa shape index (κ1) is 27.0. The van der Waals surface area contributed by atoms with Crippen molar-refractivity contribution in [3.63, 3.8) is 0 Å². The Morgan fingerprint density at radius 3 is 2.42 bits per heavy atom. The number of hydrogen-bond donors (Lipinski definition) is 5. The lowest BCUT2D eigenvalue weighted by Gasteiger charge is -2.24. The minimum atomic E-state index is -3.59. The van der Waals surface area contributed by atoms with Gasteiger partial charge in [0.2, 0.25) is 10.0 Å².